The van der Waals surface area contributed by atoms with Gasteiger partial charge in [0.1, 0.15) is 16.6 Å². The van der Waals surface area contributed by atoms with Crippen molar-refractivity contribution in [3.63, 3.8) is 0 Å². The van der Waals surface area contributed by atoms with Gasteiger partial charge in [-0.2, -0.15) is 0 Å². The Kier molecular flexibility index (Phi) is 4.98. The minimum Gasteiger partial charge on any atom is -0.510 e. The molecule has 0 bridgehead atoms. The maximum atomic E-state index is 10.7. The first-order chi connectivity index (χ1) is 14.0. The van der Waals surface area contributed by atoms with E-state index in [1.807, 2.05) is 43.3 Å². The summed E-state index contributed by atoms with van der Waals surface area (Å²) in [5.74, 6) is 1.53. The molecule has 6 nitrogen and oxygen atoms in total. The number of thiazole rings is 1. The lowest BCUT2D eigenvalue weighted by atomic mass is 10.1. The number of hydrogen-bond acceptors (Lipinski definition) is 6. The number of benzene rings is 2. The Balaban J connectivity index is 1.67. The smallest absolute Gasteiger partial charge is 0.162 e. The van der Waals surface area contributed by atoms with E-state index in [4.69, 9.17) is 19.9 Å². The molecule has 2 N–H and O–H groups in total. The van der Waals surface area contributed by atoms with Gasteiger partial charge in [-0.05, 0) is 19.1 Å². The Morgan fingerprint density at radius 2 is 1.79 bits per heavy atom. The minimum absolute atomic E-state index is 0.137. The third kappa shape index (κ3) is 3.34. The molecule has 0 saturated heterocycles. The van der Waals surface area contributed by atoms with Crippen molar-refractivity contribution >= 4 is 28.4 Å². The number of amidine groups is 1. The van der Waals surface area contributed by atoms with E-state index in [0.717, 1.165) is 21.8 Å². The van der Waals surface area contributed by atoms with Crippen LogP contribution in [0.1, 0.15) is 9.88 Å². The summed E-state index contributed by atoms with van der Waals surface area (Å²) in [7, 11) is 3.15. The van der Waals surface area contributed by atoms with Crippen LogP contribution in [0, 0.1) is 12.3 Å². The number of anilines is 1. The topological polar surface area (TPSA) is 78.7 Å². The quantitative estimate of drug-likeness (QED) is 0.629. The summed E-state index contributed by atoms with van der Waals surface area (Å²) < 4.78 is 10.7. The fraction of sp³-hybridized carbons (Fsp3) is 0.182. The number of ether oxygens (including phenoxy) is 2. The van der Waals surface area contributed by atoms with Crippen LogP contribution in [-0.2, 0) is 0 Å². The number of methoxy groups -OCH3 is 2. The van der Waals surface area contributed by atoms with Gasteiger partial charge >= 0.3 is 0 Å². The Hall–Kier alpha value is -3.32. The minimum atomic E-state index is 0.137. The van der Waals surface area contributed by atoms with Crippen LogP contribution >= 0.6 is 11.3 Å². The predicted octanol–water partition coefficient (Wildman–Crippen LogP) is 4.90. The van der Waals surface area contributed by atoms with Crippen molar-refractivity contribution < 1.29 is 14.6 Å². The second-order valence-corrected chi connectivity index (χ2v) is 7.79. The van der Waals surface area contributed by atoms with Crippen LogP contribution < -0.4 is 14.4 Å². The van der Waals surface area contributed by atoms with Gasteiger partial charge < -0.3 is 19.5 Å². The first-order valence-electron chi connectivity index (χ1n) is 9.07. The Morgan fingerprint density at radius 1 is 1.07 bits per heavy atom. The summed E-state index contributed by atoms with van der Waals surface area (Å²) >= 11 is 1.48. The Bertz CT molecular complexity index is 1110. The molecule has 29 heavy (non-hydrogen) atoms. The highest BCUT2D eigenvalue weighted by atomic mass is 32.1. The third-order valence-electron chi connectivity index (χ3n) is 4.84. The average molecular weight is 407 g/mol. The van der Waals surface area contributed by atoms with Crippen molar-refractivity contribution in [2.24, 2.45) is 0 Å². The molecule has 0 saturated carbocycles. The summed E-state index contributed by atoms with van der Waals surface area (Å²) in [6.07, 6.45) is 0. The molecule has 3 aromatic rings. The SMILES string of the molecule is COc1ccc(N2CC(O)=C(c3nc(-c4ccccc4)c(C)s3)C2=N)cc1OC. The van der Waals surface area contributed by atoms with Gasteiger partial charge in [0.05, 0.1) is 32.0 Å². The molecule has 0 amide bonds. The fourth-order valence-corrected chi connectivity index (χ4v) is 4.39. The van der Waals surface area contributed by atoms with E-state index >= 15 is 0 Å². The molecule has 1 aliphatic rings. The molecular weight excluding hydrogens is 386 g/mol. The van der Waals surface area contributed by atoms with Gasteiger partial charge in [-0.3, -0.25) is 5.41 Å². The Labute approximate surface area is 173 Å². The molecule has 1 aromatic heterocycles. The highest BCUT2D eigenvalue weighted by molar-refractivity contribution is 7.13. The highest BCUT2D eigenvalue weighted by Gasteiger charge is 2.32. The van der Waals surface area contributed by atoms with E-state index in [2.05, 4.69) is 0 Å². The van der Waals surface area contributed by atoms with Gasteiger partial charge in [0.2, 0.25) is 0 Å². The zero-order chi connectivity index (χ0) is 20.5. The molecule has 0 fully saturated rings. The van der Waals surface area contributed by atoms with Crippen molar-refractivity contribution in [1.82, 2.24) is 4.98 Å². The van der Waals surface area contributed by atoms with Gasteiger partial charge in [0, 0.05) is 22.2 Å². The predicted molar refractivity (Wildman–Crippen MR) is 116 cm³/mol. The second kappa shape index (κ2) is 7.60. The maximum absolute atomic E-state index is 10.7. The van der Waals surface area contributed by atoms with E-state index in [-0.39, 0.29) is 18.1 Å². The highest BCUT2D eigenvalue weighted by Crippen LogP contribution is 2.38. The average Bonchev–Trinajstić information content (AvgIpc) is 3.26. The van der Waals surface area contributed by atoms with E-state index in [9.17, 15) is 5.11 Å². The summed E-state index contributed by atoms with van der Waals surface area (Å²) in [4.78, 5) is 7.51. The number of aromatic nitrogens is 1. The number of aliphatic hydroxyl groups excluding tert-OH is 1. The van der Waals surface area contributed by atoms with Gasteiger partial charge in [-0.25, -0.2) is 4.98 Å². The van der Waals surface area contributed by atoms with Crippen molar-refractivity contribution in [2.45, 2.75) is 6.92 Å². The van der Waals surface area contributed by atoms with E-state index in [1.165, 1.54) is 11.3 Å². The van der Waals surface area contributed by atoms with Crippen LogP contribution in [-0.4, -0.2) is 36.7 Å². The lowest BCUT2D eigenvalue weighted by Crippen LogP contribution is -2.26. The molecule has 148 valence electrons. The molecule has 1 aliphatic heterocycles. The molecular formula is C22H21N3O3S. The first kappa shape index (κ1) is 19.0. The number of aliphatic hydroxyl groups is 1. The molecule has 7 heteroatoms. The summed E-state index contributed by atoms with van der Waals surface area (Å²) in [6.45, 7) is 2.22. The van der Waals surface area contributed by atoms with Gasteiger partial charge in [-0.15, -0.1) is 11.3 Å². The van der Waals surface area contributed by atoms with Crippen LogP contribution in [0.3, 0.4) is 0 Å². The third-order valence-corrected chi connectivity index (χ3v) is 5.83. The molecule has 4 rings (SSSR count). The fourth-order valence-electron chi connectivity index (χ4n) is 3.38. The van der Waals surface area contributed by atoms with Crippen molar-refractivity contribution in [1.29, 1.82) is 5.41 Å². The number of nitrogens with zero attached hydrogens (tertiary/aromatic N) is 2. The monoisotopic (exact) mass is 407 g/mol. The molecule has 0 atom stereocenters. The van der Waals surface area contributed by atoms with Crippen LogP contribution in [0.4, 0.5) is 5.69 Å². The van der Waals surface area contributed by atoms with Crippen molar-refractivity contribution in [3.05, 3.63) is 64.2 Å². The molecule has 0 radical (unpaired) electrons. The molecule has 2 aromatic carbocycles. The Morgan fingerprint density at radius 3 is 2.48 bits per heavy atom. The molecule has 2 heterocycles. The number of rotatable bonds is 5. The van der Waals surface area contributed by atoms with E-state index in [1.54, 1.807) is 31.3 Å². The van der Waals surface area contributed by atoms with E-state index < -0.39 is 0 Å². The maximum Gasteiger partial charge on any atom is 0.162 e. The second-order valence-electron chi connectivity index (χ2n) is 6.59. The van der Waals surface area contributed by atoms with Crippen LogP contribution in [0.5, 0.6) is 11.5 Å². The normalized spacial score (nSPS) is 13.9. The lowest BCUT2D eigenvalue weighted by molar-refractivity contribution is 0.355. The largest absolute Gasteiger partial charge is 0.510 e. The van der Waals surface area contributed by atoms with Crippen LogP contribution in [0.25, 0.3) is 16.8 Å². The van der Waals surface area contributed by atoms with Gasteiger partial charge in [0.15, 0.2) is 11.5 Å². The lowest BCUT2D eigenvalue weighted by Gasteiger charge is -2.20. The molecule has 0 spiro atoms. The zero-order valence-corrected chi connectivity index (χ0v) is 17.2. The summed E-state index contributed by atoms with van der Waals surface area (Å²) in [5, 5.41) is 20.0. The zero-order valence-electron chi connectivity index (χ0n) is 16.4. The van der Waals surface area contributed by atoms with Crippen molar-refractivity contribution in [2.75, 3.05) is 25.7 Å². The summed E-state index contributed by atoms with van der Waals surface area (Å²) in [5.41, 5.74) is 3.11. The standard InChI is InChI=1S/C22H21N3O3S/c1-13-20(14-7-5-4-6-8-14)24-22(29-13)19-16(26)12-25(21(19)23)15-9-10-17(27-2)18(11-15)28-3/h4-11,23,26H,12H2,1-3H3. The van der Waals surface area contributed by atoms with Gasteiger partial charge in [-0.1, -0.05) is 30.3 Å². The van der Waals surface area contributed by atoms with Crippen LogP contribution in [0.15, 0.2) is 54.3 Å². The van der Waals surface area contributed by atoms with Crippen LogP contribution in [0.2, 0.25) is 0 Å². The number of nitrogens with one attached hydrogen (secondary N) is 1. The molecule has 0 aliphatic carbocycles. The summed E-state index contributed by atoms with van der Waals surface area (Å²) in [6, 6.07) is 15.4. The molecule has 0 unspecified atom stereocenters. The van der Waals surface area contributed by atoms with E-state index in [0.29, 0.717) is 22.1 Å². The first-order valence-corrected chi connectivity index (χ1v) is 9.89. The number of hydrogen-bond donors (Lipinski definition) is 2. The van der Waals surface area contributed by atoms with Gasteiger partial charge in [0.25, 0.3) is 0 Å². The number of aryl methyl sites for hydroxylation is 1. The van der Waals surface area contributed by atoms with Crippen molar-refractivity contribution in [3.8, 4) is 22.8 Å².